The van der Waals surface area contributed by atoms with Gasteiger partial charge < -0.3 is 28.6 Å². The molecule has 0 aliphatic carbocycles. The molecule has 1 saturated heterocycles. The van der Waals surface area contributed by atoms with Crippen molar-refractivity contribution in [3.05, 3.63) is 71.9 Å². The number of fused-ring (bicyclic) bond motifs is 7. The standard InChI is InChI=1S/C40H50N4O6/c1-9-47-38(45)36(50-39(4,5)6)35-27(3)41-34-25-32-29-15-12-14-28(23-29)31-24-30(46-8)16-17-33(31)49-26(2)13-10-11-22-48-40(7)18-20-43(21-19-40)37(35)44(34)42-32/h10-12,14-17,23-26,36H,9,13,18-22H2,1-8H3/b11-10-/t26-,36-/m0/s1. The first-order valence-electron chi connectivity index (χ1n) is 17.6. The van der Waals surface area contributed by atoms with Gasteiger partial charge in [-0.3, -0.25) is 0 Å². The lowest BCUT2D eigenvalue weighted by molar-refractivity contribution is -0.166. The van der Waals surface area contributed by atoms with Crippen LogP contribution in [-0.4, -0.2) is 71.3 Å². The molecule has 0 amide bonds. The number of aromatic nitrogens is 3. The number of methoxy groups -OCH3 is 1. The van der Waals surface area contributed by atoms with Crippen molar-refractivity contribution in [1.82, 2.24) is 14.6 Å². The van der Waals surface area contributed by atoms with E-state index in [0.29, 0.717) is 36.6 Å². The van der Waals surface area contributed by atoms with Crippen molar-refractivity contribution >= 4 is 17.4 Å². The zero-order valence-corrected chi connectivity index (χ0v) is 30.6. The molecule has 0 unspecified atom stereocenters. The fourth-order valence-corrected chi connectivity index (χ4v) is 6.68. The summed E-state index contributed by atoms with van der Waals surface area (Å²) in [6.45, 7) is 16.0. The van der Waals surface area contributed by atoms with Crippen LogP contribution < -0.4 is 14.4 Å². The third kappa shape index (κ3) is 7.66. The van der Waals surface area contributed by atoms with Gasteiger partial charge >= 0.3 is 5.97 Å². The quantitative estimate of drug-likeness (QED) is 0.154. The highest BCUT2D eigenvalue weighted by molar-refractivity contribution is 5.81. The third-order valence-electron chi connectivity index (χ3n) is 9.31. The van der Waals surface area contributed by atoms with Crippen molar-refractivity contribution in [2.24, 2.45) is 0 Å². The van der Waals surface area contributed by atoms with E-state index in [2.05, 4.69) is 43.0 Å². The molecule has 0 N–H and O–H groups in total. The fourth-order valence-electron chi connectivity index (χ4n) is 6.68. The van der Waals surface area contributed by atoms with Crippen LogP contribution in [0.1, 0.15) is 78.2 Å². The van der Waals surface area contributed by atoms with Crippen LogP contribution in [0.15, 0.2) is 60.7 Å². The molecule has 5 heterocycles. The Balaban J connectivity index is 1.55. The van der Waals surface area contributed by atoms with Crippen molar-refractivity contribution in [3.8, 4) is 33.9 Å². The molecule has 2 aromatic heterocycles. The molecule has 3 aliphatic heterocycles. The second kappa shape index (κ2) is 14.4. The van der Waals surface area contributed by atoms with Crippen LogP contribution in [-0.2, 0) is 19.0 Å². The predicted molar refractivity (Wildman–Crippen MR) is 195 cm³/mol. The number of piperidine rings is 1. The number of nitrogens with zero attached hydrogens (tertiary/aromatic N) is 4. The number of benzene rings is 2. The van der Waals surface area contributed by atoms with Crippen molar-refractivity contribution < 1.29 is 28.5 Å². The van der Waals surface area contributed by atoms with E-state index < -0.39 is 17.7 Å². The highest BCUT2D eigenvalue weighted by atomic mass is 16.6. The first-order chi connectivity index (χ1) is 23.9. The smallest absolute Gasteiger partial charge is 0.340 e. The van der Waals surface area contributed by atoms with E-state index in [1.165, 1.54) is 0 Å². The second-order valence-corrected chi connectivity index (χ2v) is 14.4. The Morgan fingerprint density at radius 1 is 1.08 bits per heavy atom. The Morgan fingerprint density at radius 2 is 1.84 bits per heavy atom. The third-order valence-corrected chi connectivity index (χ3v) is 9.31. The molecular formula is C40H50N4O6. The maximum absolute atomic E-state index is 13.6. The summed E-state index contributed by atoms with van der Waals surface area (Å²) in [7, 11) is 1.67. The molecule has 0 saturated carbocycles. The molecule has 10 nitrogen and oxygen atoms in total. The predicted octanol–water partition coefficient (Wildman–Crippen LogP) is 7.90. The lowest BCUT2D eigenvalue weighted by Crippen LogP contribution is -2.45. The molecule has 50 heavy (non-hydrogen) atoms. The lowest BCUT2D eigenvalue weighted by Gasteiger charge is -2.41. The molecule has 0 spiro atoms. The van der Waals surface area contributed by atoms with E-state index in [1.807, 2.05) is 68.6 Å². The summed E-state index contributed by atoms with van der Waals surface area (Å²) in [4.78, 5) is 21.0. The zero-order valence-electron chi connectivity index (χ0n) is 30.6. The van der Waals surface area contributed by atoms with Gasteiger partial charge in [-0.05, 0) is 91.1 Å². The van der Waals surface area contributed by atoms with Crippen molar-refractivity contribution in [1.29, 1.82) is 0 Å². The van der Waals surface area contributed by atoms with E-state index in [0.717, 1.165) is 59.0 Å². The van der Waals surface area contributed by atoms with Crippen LogP contribution in [0.4, 0.5) is 5.82 Å². The van der Waals surface area contributed by atoms with Crippen molar-refractivity contribution in [2.45, 2.75) is 91.1 Å². The summed E-state index contributed by atoms with van der Waals surface area (Å²) in [5.41, 5.74) is 4.67. The summed E-state index contributed by atoms with van der Waals surface area (Å²) < 4.78 is 32.5. The largest absolute Gasteiger partial charge is 0.497 e. The number of anilines is 1. The molecular weight excluding hydrogens is 632 g/mol. The Morgan fingerprint density at radius 3 is 2.56 bits per heavy atom. The van der Waals surface area contributed by atoms with Gasteiger partial charge in [-0.25, -0.2) is 9.78 Å². The maximum Gasteiger partial charge on any atom is 0.340 e. The monoisotopic (exact) mass is 682 g/mol. The number of aryl methyl sites for hydroxylation is 1. The molecule has 6 bridgehead atoms. The number of esters is 1. The normalized spacial score (nSPS) is 21.0. The number of ether oxygens (including phenoxy) is 5. The summed E-state index contributed by atoms with van der Waals surface area (Å²) in [6.07, 6.45) is 5.51. The van der Waals surface area contributed by atoms with Crippen LogP contribution in [0, 0.1) is 6.92 Å². The Labute approximate surface area is 295 Å². The lowest BCUT2D eigenvalue weighted by atomic mass is 9.92. The molecule has 2 aromatic carbocycles. The number of carbonyl (C=O) groups excluding carboxylic acids is 1. The van der Waals surface area contributed by atoms with Gasteiger partial charge in [0, 0.05) is 42.4 Å². The molecule has 10 heteroatoms. The van der Waals surface area contributed by atoms with E-state index >= 15 is 0 Å². The maximum atomic E-state index is 13.6. The molecule has 7 rings (SSSR count). The molecule has 4 aromatic rings. The van der Waals surface area contributed by atoms with Gasteiger partial charge in [0.15, 0.2) is 11.8 Å². The summed E-state index contributed by atoms with van der Waals surface area (Å²) in [5.74, 6) is 1.85. The Kier molecular flexibility index (Phi) is 10.2. The van der Waals surface area contributed by atoms with Crippen LogP contribution in [0.5, 0.6) is 11.5 Å². The van der Waals surface area contributed by atoms with Gasteiger partial charge in [0.25, 0.3) is 0 Å². The first-order valence-corrected chi connectivity index (χ1v) is 17.6. The summed E-state index contributed by atoms with van der Waals surface area (Å²) in [5, 5.41) is 5.19. The van der Waals surface area contributed by atoms with Crippen LogP contribution in [0.25, 0.3) is 28.0 Å². The van der Waals surface area contributed by atoms with Gasteiger partial charge in [0.1, 0.15) is 17.3 Å². The molecule has 2 atom stereocenters. The van der Waals surface area contributed by atoms with E-state index in [1.54, 1.807) is 14.0 Å². The first kappa shape index (κ1) is 35.4. The summed E-state index contributed by atoms with van der Waals surface area (Å²) >= 11 is 0. The van der Waals surface area contributed by atoms with Crippen LogP contribution in [0.3, 0.4) is 0 Å². The summed E-state index contributed by atoms with van der Waals surface area (Å²) in [6, 6.07) is 16.2. The minimum absolute atomic E-state index is 0.0490. The van der Waals surface area contributed by atoms with Gasteiger partial charge in [-0.2, -0.15) is 9.61 Å². The van der Waals surface area contributed by atoms with Crippen LogP contribution in [0.2, 0.25) is 0 Å². The van der Waals surface area contributed by atoms with E-state index in [4.69, 9.17) is 33.8 Å². The molecule has 0 radical (unpaired) electrons. The molecule has 266 valence electrons. The van der Waals surface area contributed by atoms with Gasteiger partial charge in [-0.1, -0.05) is 30.4 Å². The average Bonchev–Trinajstić information content (AvgIpc) is 3.50. The topological polar surface area (TPSA) is 96.7 Å². The molecule has 1 fully saturated rings. The highest BCUT2D eigenvalue weighted by Gasteiger charge is 2.38. The van der Waals surface area contributed by atoms with Gasteiger partial charge in [0.2, 0.25) is 0 Å². The van der Waals surface area contributed by atoms with Gasteiger partial charge in [-0.15, -0.1) is 0 Å². The number of rotatable bonds is 5. The van der Waals surface area contributed by atoms with E-state index in [-0.39, 0.29) is 18.3 Å². The molecule has 3 aliphatic rings. The fraction of sp³-hybridized carbons (Fsp3) is 0.475. The van der Waals surface area contributed by atoms with Crippen molar-refractivity contribution in [2.75, 3.05) is 38.3 Å². The van der Waals surface area contributed by atoms with Crippen LogP contribution >= 0.6 is 0 Å². The van der Waals surface area contributed by atoms with Crippen molar-refractivity contribution in [3.63, 3.8) is 0 Å². The highest BCUT2D eigenvalue weighted by Crippen LogP contribution is 2.40. The number of carbonyl (C=O) groups is 1. The van der Waals surface area contributed by atoms with Gasteiger partial charge in [0.05, 0.1) is 48.9 Å². The minimum Gasteiger partial charge on any atom is -0.497 e. The Bertz CT molecular complexity index is 1870. The number of hydrogen-bond donors (Lipinski definition) is 0. The number of hydrogen-bond acceptors (Lipinski definition) is 9. The van der Waals surface area contributed by atoms with E-state index in [9.17, 15) is 4.79 Å². The minimum atomic E-state index is -0.994. The SMILES string of the molecule is CCOC(=O)[C@@H](OC(C)(C)C)c1c(C)nc2cc3nn2c1N1CCC(C)(CC1)OC/C=C\C[C@H](C)Oc1ccc(OC)cc1-c1cccc-3c1. The second-order valence-electron chi connectivity index (χ2n) is 14.4. The average molecular weight is 683 g/mol. The zero-order chi connectivity index (χ0) is 35.6. The Hall–Kier alpha value is -4.41.